The zero-order valence-corrected chi connectivity index (χ0v) is 19.6. The molecule has 1 atom stereocenters. The van der Waals surface area contributed by atoms with E-state index in [1.165, 1.54) is 0 Å². The number of benzene rings is 2. The topological polar surface area (TPSA) is 117 Å². The van der Waals surface area contributed by atoms with Gasteiger partial charge in [0.15, 0.2) is 0 Å². The number of hydrogen-bond donors (Lipinski definition) is 4. The van der Waals surface area contributed by atoms with Crippen molar-refractivity contribution >= 4 is 23.8 Å². The van der Waals surface area contributed by atoms with Gasteiger partial charge >= 0.3 is 18.1 Å². The fourth-order valence-corrected chi connectivity index (χ4v) is 2.93. The molecule has 0 radical (unpaired) electrons. The van der Waals surface area contributed by atoms with Crippen molar-refractivity contribution in [2.24, 2.45) is 5.41 Å². The molecule has 0 spiro atoms. The largest absolute Gasteiger partial charge is 0.480 e. The third kappa shape index (κ3) is 9.22. The van der Waals surface area contributed by atoms with Crippen molar-refractivity contribution in [3.05, 3.63) is 54.1 Å². The summed E-state index contributed by atoms with van der Waals surface area (Å²) in [6.45, 7) is 8.54. The number of carbonyl (C=O) groups excluding carboxylic acids is 2. The predicted molar refractivity (Wildman–Crippen MR) is 128 cm³/mol. The number of urea groups is 1. The van der Waals surface area contributed by atoms with E-state index in [4.69, 9.17) is 4.74 Å². The average molecular weight is 456 g/mol. The summed E-state index contributed by atoms with van der Waals surface area (Å²) in [6.07, 6.45) is 0.233. The minimum absolute atomic E-state index is 0.124. The normalized spacial score (nSPS) is 11.9. The Labute approximate surface area is 194 Å². The van der Waals surface area contributed by atoms with Crippen LogP contribution in [-0.4, -0.2) is 42.4 Å². The molecule has 0 aromatic heterocycles. The van der Waals surface area contributed by atoms with E-state index in [1.54, 1.807) is 0 Å². The second-order valence-electron chi connectivity index (χ2n) is 9.03. The number of hydrogen-bond acceptors (Lipinski definition) is 4. The molecule has 0 saturated heterocycles. The maximum absolute atomic E-state index is 12.0. The maximum Gasteiger partial charge on any atom is 0.407 e. The van der Waals surface area contributed by atoms with Gasteiger partial charge in [-0.25, -0.2) is 14.4 Å². The number of carboxylic acid groups (broad SMARTS) is 1. The standard InChI is InChI=1S/C25H33N3O5/c1-5-13-26-23(31)27-20-8-6-7-19(15-20)18-11-9-17(10-12-18)14-21(22(29)30)28-24(32)33-16-25(2,3)4/h6-12,15,21H,5,13-14,16H2,1-4H3,(H,28,32)(H,29,30)(H2,26,27,31)/t21-/m0/s1. The van der Waals surface area contributed by atoms with Crippen molar-refractivity contribution in [3.8, 4) is 11.1 Å². The molecule has 8 nitrogen and oxygen atoms in total. The van der Waals surface area contributed by atoms with Crippen LogP contribution in [0.15, 0.2) is 48.5 Å². The first-order chi connectivity index (χ1) is 15.6. The van der Waals surface area contributed by atoms with E-state index in [1.807, 2.05) is 76.2 Å². The third-order valence-electron chi connectivity index (χ3n) is 4.61. The van der Waals surface area contributed by atoms with Crippen LogP contribution < -0.4 is 16.0 Å². The summed E-state index contributed by atoms with van der Waals surface area (Å²) in [7, 11) is 0. The van der Waals surface area contributed by atoms with Crippen LogP contribution in [0.2, 0.25) is 0 Å². The van der Waals surface area contributed by atoms with Gasteiger partial charge in [-0.2, -0.15) is 0 Å². The lowest BCUT2D eigenvalue weighted by Crippen LogP contribution is -2.43. The number of aliphatic carboxylic acids is 1. The molecule has 2 rings (SSSR count). The minimum atomic E-state index is -1.13. The Balaban J connectivity index is 2.02. The highest BCUT2D eigenvalue weighted by Crippen LogP contribution is 2.23. The first-order valence-electron chi connectivity index (χ1n) is 11.0. The summed E-state index contributed by atoms with van der Waals surface area (Å²) in [4.78, 5) is 35.5. The van der Waals surface area contributed by atoms with Crippen molar-refractivity contribution in [3.63, 3.8) is 0 Å². The Hall–Kier alpha value is -3.55. The Bertz CT molecular complexity index is 951. The predicted octanol–water partition coefficient (Wildman–Crippen LogP) is 4.65. The fourth-order valence-electron chi connectivity index (χ4n) is 2.93. The highest BCUT2D eigenvalue weighted by atomic mass is 16.5. The number of amides is 3. The number of carbonyl (C=O) groups is 3. The molecule has 4 N–H and O–H groups in total. The summed E-state index contributed by atoms with van der Waals surface area (Å²) < 4.78 is 5.11. The van der Waals surface area contributed by atoms with Crippen LogP contribution in [0.5, 0.6) is 0 Å². The fraction of sp³-hybridized carbons (Fsp3) is 0.400. The lowest BCUT2D eigenvalue weighted by molar-refractivity contribution is -0.139. The summed E-state index contributed by atoms with van der Waals surface area (Å²) >= 11 is 0. The molecule has 2 aromatic rings. The van der Waals surface area contributed by atoms with Gasteiger partial charge in [0.2, 0.25) is 0 Å². The van der Waals surface area contributed by atoms with E-state index >= 15 is 0 Å². The monoisotopic (exact) mass is 455 g/mol. The van der Waals surface area contributed by atoms with Crippen molar-refractivity contribution in [2.45, 2.75) is 46.6 Å². The number of alkyl carbamates (subject to hydrolysis) is 1. The van der Waals surface area contributed by atoms with Crippen molar-refractivity contribution in [1.82, 2.24) is 10.6 Å². The molecule has 178 valence electrons. The first kappa shape index (κ1) is 25.7. The lowest BCUT2D eigenvalue weighted by Gasteiger charge is -2.20. The van der Waals surface area contributed by atoms with Crippen LogP contribution in [0.25, 0.3) is 11.1 Å². The number of rotatable bonds is 9. The second-order valence-corrected chi connectivity index (χ2v) is 9.03. The molecule has 0 aliphatic heterocycles. The second kappa shape index (κ2) is 11.9. The van der Waals surface area contributed by atoms with Crippen molar-refractivity contribution in [1.29, 1.82) is 0 Å². The van der Waals surface area contributed by atoms with E-state index in [2.05, 4.69) is 16.0 Å². The molecule has 8 heteroatoms. The van der Waals surface area contributed by atoms with Gasteiger partial charge in [0.1, 0.15) is 6.04 Å². The molecule has 0 heterocycles. The average Bonchev–Trinajstić information content (AvgIpc) is 2.76. The summed E-state index contributed by atoms with van der Waals surface area (Å²) in [5.41, 5.74) is 3.05. The summed E-state index contributed by atoms with van der Waals surface area (Å²) in [6, 6.07) is 13.5. The first-order valence-corrected chi connectivity index (χ1v) is 11.0. The molecular formula is C25H33N3O5. The number of carboxylic acids is 1. The zero-order valence-electron chi connectivity index (χ0n) is 19.6. The van der Waals surface area contributed by atoms with Crippen LogP contribution in [0, 0.1) is 5.41 Å². The molecule has 0 unspecified atom stereocenters. The molecule has 0 fully saturated rings. The molecule has 0 aliphatic rings. The number of anilines is 1. The Kier molecular flexibility index (Phi) is 9.27. The molecule has 0 aliphatic carbocycles. The number of nitrogens with one attached hydrogen (secondary N) is 3. The Morgan fingerprint density at radius 1 is 1.03 bits per heavy atom. The molecule has 0 saturated carbocycles. The summed E-state index contributed by atoms with van der Waals surface area (Å²) in [5.74, 6) is -1.13. The lowest BCUT2D eigenvalue weighted by atomic mass is 9.99. The van der Waals surface area contributed by atoms with E-state index in [0.717, 1.165) is 23.1 Å². The maximum atomic E-state index is 12.0. The van der Waals surface area contributed by atoms with Gasteiger partial charge < -0.3 is 25.8 Å². The zero-order chi connectivity index (χ0) is 24.4. The van der Waals surface area contributed by atoms with Crippen molar-refractivity contribution in [2.75, 3.05) is 18.5 Å². The summed E-state index contributed by atoms with van der Waals surface area (Å²) in [5, 5.41) is 17.5. The Morgan fingerprint density at radius 2 is 1.73 bits per heavy atom. The highest BCUT2D eigenvalue weighted by molar-refractivity contribution is 5.90. The highest BCUT2D eigenvalue weighted by Gasteiger charge is 2.22. The quantitative estimate of drug-likeness (QED) is 0.439. The van der Waals surface area contributed by atoms with Crippen LogP contribution >= 0.6 is 0 Å². The number of ether oxygens (including phenoxy) is 1. The van der Waals surface area contributed by atoms with Crippen LogP contribution in [0.3, 0.4) is 0 Å². The van der Waals surface area contributed by atoms with E-state index in [9.17, 15) is 19.5 Å². The van der Waals surface area contributed by atoms with Gasteiger partial charge in [0, 0.05) is 18.7 Å². The third-order valence-corrected chi connectivity index (χ3v) is 4.61. The van der Waals surface area contributed by atoms with Crippen LogP contribution in [0.4, 0.5) is 15.3 Å². The van der Waals surface area contributed by atoms with E-state index in [0.29, 0.717) is 12.2 Å². The van der Waals surface area contributed by atoms with Gasteiger partial charge in [-0.05, 0) is 40.7 Å². The SMILES string of the molecule is CCCNC(=O)Nc1cccc(-c2ccc(C[C@H](NC(=O)OCC(C)(C)C)C(=O)O)cc2)c1. The van der Waals surface area contributed by atoms with Gasteiger partial charge in [-0.15, -0.1) is 0 Å². The minimum Gasteiger partial charge on any atom is -0.480 e. The molecule has 2 aromatic carbocycles. The van der Waals surface area contributed by atoms with E-state index < -0.39 is 18.1 Å². The van der Waals surface area contributed by atoms with Gasteiger partial charge in [0.05, 0.1) is 6.61 Å². The smallest absolute Gasteiger partial charge is 0.407 e. The molecule has 3 amide bonds. The van der Waals surface area contributed by atoms with Crippen LogP contribution in [0.1, 0.15) is 39.7 Å². The van der Waals surface area contributed by atoms with Gasteiger partial charge in [-0.1, -0.05) is 64.1 Å². The van der Waals surface area contributed by atoms with Crippen LogP contribution in [-0.2, 0) is 16.0 Å². The molecular weight excluding hydrogens is 422 g/mol. The molecule has 0 bridgehead atoms. The molecule has 33 heavy (non-hydrogen) atoms. The van der Waals surface area contributed by atoms with Crippen molar-refractivity contribution < 1.29 is 24.2 Å². The van der Waals surface area contributed by atoms with Gasteiger partial charge in [-0.3, -0.25) is 0 Å². The van der Waals surface area contributed by atoms with E-state index in [-0.39, 0.29) is 24.5 Å². The Morgan fingerprint density at radius 3 is 2.33 bits per heavy atom. The van der Waals surface area contributed by atoms with Gasteiger partial charge in [0.25, 0.3) is 0 Å².